The highest BCUT2D eigenvalue weighted by Crippen LogP contribution is 2.10. The number of halogens is 1. The SMILES string of the molecule is Cn1ncc2c(=O)n(CCC(=O)OCCOc3ccc(F)cc3)cnc21. The Kier molecular flexibility index (Phi) is 5.26. The molecule has 8 nitrogen and oxygen atoms in total. The molecule has 0 bridgehead atoms. The first-order chi connectivity index (χ1) is 12.5. The number of hydrogen-bond donors (Lipinski definition) is 0. The molecule has 0 saturated carbocycles. The molecule has 0 aliphatic rings. The molecule has 0 fully saturated rings. The number of hydrogen-bond acceptors (Lipinski definition) is 6. The van der Waals surface area contributed by atoms with Crippen LogP contribution in [0.2, 0.25) is 0 Å². The van der Waals surface area contributed by atoms with Crippen molar-refractivity contribution in [3.8, 4) is 5.75 Å². The third-order valence-electron chi connectivity index (χ3n) is 3.70. The summed E-state index contributed by atoms with van der Waals surface area (Å²) in [4.78, 5) is 28.2. The Balaban J connectivity index is 1.45. The van der Waals surface area contributed by atoms with Gasteiger partial charge in [-0.05, 0) is 24.3 Å². The van der Waals surface area contributed by atoms with Gasteiger partial charge in [0.25, 0.3) is 5.56 Å². The molecule has 2 aromatic heterocycles. The number of benzene rings is 1. The summed E-state index contributed by atoms with van der Waals surface area (Å²) < 4.78 is 26.0. The van der Waals surface area contributed by atoms with Crippen LogP contribution in [0.1, 0.15) is 6.42 Å². The van der Waals surface area contributed by atoms with E-state index in [4.69, 9.17) is 9.47 Å². The van der Waals surface area contributed by atoms with Crippen LogP contribution in [0.4, 0.5) is 4.39 Å². The van der Waals surface area contributed by atoms with Gasteiger partial charge in [0.1, 0.15) is 30.2 Å². The normalized spacial score (nSPS) is 10.8. The van der Waals surface area contributed by atoms with Gasteiger partial charge in [0.05, 0.1) is 18.9 Å². The van der Waals surface area contributed by atoms with Gasteiger partial charge >= 0.3 is 5.97 Å². The number of ether oxygens (including phenoxy) is 2. The van der Waals surface area contributed by atoms with Gasteiger partial charge in [0.15, 0.2) is 5.65 Å². The van der Waals surface area contributed by atoms with E-state index in [0.717, 1.165) is 0 Å². The summed E-state index contributed by atoms with van der Waals surface area (Å²) in [5.41, 5.74) is 0.238. The zero-order valence-electron chi connectivity index (χ0n) is 14.1. The molecule has 0 N–H and O–H groups in total. The van der Waals surface area contributed by atoms with Gasteiger partial charge < -0.3 is 9.47 Å². The van der Waals surface area contributed by atoms with Crippen molar-refractivity contribution in [3.63, 3.8) is 0 Å². The Hall–Kier alpha value is -3.23. The predicted molar refractivity (Wildman–Crippen MR) is 90.2 cm³/mol. The minimum absolute atomic E-state index is 0.0317. The molecule has 3 aromatic rings. The van der Waals surface area contributed by atoms with E-state index in [1.807, 2.05) is 0 Å². The molecule has 2 heterocycles. The Morgan fingerprint density at radius 3 is 2.77 bits per heavy atom. The van der Waals surface area contributed by atoms with Crippen molar-refractivity contribution in [2.45, 2.75) is 13.0 Å². The van der Waals surface area contributed by atoms with E-state index < -0.39 is 5.97 Å². The molecular weight excluding hydrogens is 343 g/mol. The number of nitrogens with zero attached hydrogens (tertiary/aromatic N) is 4. The molecule has 136 valence electrons. The average Bonchev–Trinajstić information content (AvgIpc) is 3.01. The number of carbonyl (C=O) groups excluding carboxylic acids is 1. The number of fused-ring (bicyclic) bond motifs is 1. The summed E-state index contributed by atoms with van der Waals surface area (Å²) in [5.74, 6) is -0.311. The number of aromatic nitrogens is 4. The van der Waals surface area contributed by atoms with Gasteiger partial charge in [-0.15, -0.1) is 0 Å². The van der Waals surface area contributed by atoms with Gasteiger partial charge in [0, 0.05) is 13.6 Å². The van der Waals surface area contributed by atoms with Crippen molar-refractivity contribution in [3.05, 3.63) is 53.0 Å². The molecule has 3 rings (SSSR count). The highest BCUT2D eigenvalue weighted by atomic mass is 19.1. The molecule has 0 amide bonds. The van der Waals surface area contributed by atoms with Gasteiger partial charge in [-0.1, -0.05) is 0 Å². The van der Waals surface area contributed by atoms with Crippen molar-refractivity contribution in [1.29, 1.82) is 0 Å². The second kappa shape index (κ2) is 7.77. The fourth-order valence-corrected chi connectivity index (χ4v) is 2.36. The molecule has 0 radical (unpaired) electrons. The van der Waals surface area contributed by atoms with Crippen LogP contribution >= 0.6 is 0 Å². The van der Waals surface area contributed by atoms with Gasteiger partial charge in [0.2, 0.25) is 0 Å². The molecule has 1 aromatic carbocycles. The molecule has 0 aliphatic heterocycles. The summed E-state index contributed by atoms with van der Waals surface area (Å²) in [6, 6.07) is 5.55. The lowest BCUT2D eigenvalue weighted by atomic mass is 10.3. The molecule has 0 spiro atoms. The van der Waals surface area contributed by atoms with Crippen LogP contribution in [-0.2, 0) is 23.1 Å². The summed E-state index contributed by atoms with van der Waals surface area (Å²) in [6.07, 6.45) is 2.87. The van der Waals surface area contributed by atoms with Crippen LogP contribution in [0.15, 0.2) is 41.6 Å². The Morgan fingerprint density at radius 1 is 1.23 bits per heavy atom. The first-order valence-corrected chi connectivity index (χ1v) is 7.96. The van der Waals surface area contributed by atoms with Crippen LogP contribution < -0.4 is 10.3 Å². The first kappa shape index (κ1) is 17.6. The van der Waals surface area contributed by atoms with Gasteiger partial charge in [-0.3, -0.25) is 18.8 Å². The lowest BCUT2D eigenvalue weighted by molar-refractivity contribution is -0.144. The van der Waals surface area contributed by atoms with Crippen LogP contribution in [0.5, 0.6) is 5.75 Å². The zero-order valence-corrected chi connectivity index (χ0v) is 14.1. The van der Waals surface area contributed by atoms with Crippen molar-refractivity contribution in [2.24, 2.45) is 7.05 Å². The topological polar surface area (TPSA) is 88.2 Å². The highest BCUT2D eigenvalue weighted by molar-refractivity contribution is 5.73. The van der Waals surface area contributed by atoms with Crippen LogP contribution in [0, 0.1) is 5.82 Å². The second-order valence-corrected chi connectivity index (χ2v) is 5.52. The van der Waals surface area contributed by atoms with Crippen LogP contribution in [-0.4, -0.2) is 38.5 Å². The molecule has 26 heavy (non-hydrogen) atoms. The Labute approximate surface area is 147 Å². The van der Waals surface area contributed by atoms with E-state index in [1.54, 1.807) is 7.05 Å². The third kappa shape index (κ3) is 4.05. The fourth-order valence-electron chi connectivity index (χ4n) is 2.36. The fraction of sp³-hybridized carbons (Fsp3) is 0.294. The zero-order chi connectivity index (χ0) is 18.5. The number of carbonyl (C=O) groups is 1. The maximum atomic E-state index is 12.8. The lowest BCUT2D eigenvalue weighted by Gasteiger charge is -2.08. The van der Waals surface area contributed by atoms with Gasteiger partial charge in [-0.2, -0.15) is 5.10 Å². The van der Waals surface area contributed by atoms with Gasteiger partial charge in [-0.25, -0.2) is 9.37 Å². The molecule has 9 heteroatoms. The summed E-state index contributed by atoms with van der Waals surface area (Å²) in [7, 11) is 1.70. The third-order valence-corrected chi connectivity index (χ3v) is 3.70. The van der Waals surface area contributed by atoms with E-state index >= 15 is 0 Å². The largest absolute Gasteiger partial charge is 0.490 e. The van der Waals surface area contributed by atoms with E-state index in [2.05, 4.69) is 10.1 Å². The average molecular weight is 360 g/mol. The smallest absolute Gasteiger partial charge is 0.307 e. The first-order valence-electron chi connectivity index (χ1n) is 7.96. The van der Waals surface area contributed by atoms with E-state index in [1.165, 1.54) is 46.0 Å². The minimum Gasteiger partial charge on any atom is -0.490 e. The molecule has 0 saturated heterocycles. The number of esters is 1. The quantitative estimate of drug-likeness (QED) is 0.466. The lowest BCUT2D eigenvalue weighted by Crippen LogP contribution is -2.23. The highest BCUT2D eigenvalue weighted by Gasteiger charge is 2.10. The predicted octanol–water partition coefficient (Wildman–Crippen LogP) is 1.28. The van der Waals surface area contributed by atoms with Crippen molar-refractivity contribution in [1.82, 2.24) is 19.3 Å². The maximum Gasteiger partial charge on any atom is 0.307 e. The van der Waals surface area contributed by atoms with Crippen molar-refractivity contribution in [2.75, 3.05) is 13.2 Å². The maximum absolute atomic E-state index is 12.8. The molecule has 0 unspecified atom stereocenters. The molecular formula is C17H17FN4O4. The molecule has 0 atom stereocenters. The standard InChI is InChI=1S/C17H17FN4O4/c1-21-16-14(10-20-21)17(24)22(11-19-16)7-6-15(23)26-9-8-25-13-4-2-12(18)3-5-13/h2-5,10-11H,6-9H2,1H3. The summed E-state index contributed by atoms with van der Waals surface area (Å²) >= 11 is 0. The summed E-state index contributed by atoms with van der Waals surface area (Å²) in [5, 5.41) is 4.39. The Morgan fingerprint density at radius 2 is 2.00 bits per heavy atom. The monoisotopic (exact) mass is 360 g/mol. The minimum atomic E-state index is -0.453. The van der Waals surface area contributed by atoms with Crippen molar-refractivity contribution >= 4 is 17.0 Å². The van der Waals surface area contributed by atoms with Crippen LogP contribution in [0.25, 0.3) is 11.0 Å². The number of aryl methyl sites for hydroxylation is 2. The van der Waals surface area contributed by atoms with E-state index in [-0.39, 0.29) is 37.6 Å². The van der Waals surface area contributed by atoms with Crippen molar-refractivity contribution < 1.29 is 18.7 Å². The Bertz CT molecular complexity index is 965. The van der Waals surface area contributed by atoms with E-state index in [0.29, 0.717) is 16.8 Å². The molecule has 0 aliphatic carbocycles. The number of rotatable bonds is 7. The summed E-state index contributed by atoms with van der Waals surface area (Å²) in [6.45, 7) is 0.375. The van der Waals surface area contributed by atoms with E-state index in [9.17, 15) is 14.0 Å². The second-order valence-electron chi connectivity index (χ2n) is 5.52. The van der Waals surface area contributed by atoms with Crippen LogP contribution in [0.3, 0.4) is 0 Å².